The smallest absolute Gasteiger partial charge is 0.326 e. The lowest BCUT2D eigenvalue weighted by molar-refractivity contribution is -0.164. The third-order valence-corrected chi connectivity index (χ3v) is 6.26. The van der Waals surface area contributed by atoms with E-state index in [1.807, 2.05) is 100 Å². The van der Waals surface area contributed by atoms with Crippen molar-refractivity contribution < 1.29 is 24.2 Å². The first-order valence-corrected chi connectivity index (χ1v) is 12.2. The summed E-state index contributed by atoms with van der Waals surface area (Å²) in [5, 5.41) is 10.2. The molecule has 1 aliphatic heterocycles. The molecule has 0 saturated heterocycles. The van der Waals surface area contributed by atoms with Gasteiger partial charge in [-0.05, 0) is 49.9 Å². The van der Waals surface area contributed by atoms with Crippen LogP contribution in [0.2, 0.25) is 0 Å². The molecule has 1 amide bonds. The van der Waals surface area contributed by atoms with E-state index in [0.29, 0.717) is 17.9 Å². The van der Waals surface area contributed by atoms with Crippen molar-refractivity contribution in [2.45, 2.75) is 65.0 Å². The molecule has 3 aromatic rings. The van der Waals surface area contributed by atoms with Crippen LogP contribution in [0.5, 0.6) is 5.75 Å². The van der Waals surface area contributed by atoms with Crippen molar-refractivity contribution in [2.75, 3.05) is 0 Å². The molecule has 0 aromatic heterocycles. The van der Waals surface area contributed by atoms with Gasteiger partial charge in [-0.3, -0.25) is 4.79 Å². The second kappa shape index (κ2) is 10.5. The SMILES string of the molecule is Cc1ccc2c(c1OCc1ccccc1)C[C@H](C(=O)O)N(C(=O)[C@@H](OC(C)(C)C)c1ccccc1)C2. The predicted molar refractivity (Wildman–Crippen MR) is 138 cm³/mol. The van der Waals surface area contributed by atoms with Gasteiger partial charge in [-0.15, -0.1) is 0 Å². The fourth-order valence-electron chi connectivity index (χ4n) is 4.53. The van der Waals surface area contributed by atoms with Gasteiger partial charge in [0.05, 0.1) is 5.60 Å². The van der Waals surface area contributed by atoms with Crippen molar-refractivity contribution in [3.63, 3.8) is 0 Å². The van der Waals surface area contributed by atoms with Crippen molar-refractivity contribution in [3.05, 3.63) is 101 Å². The topological polar surface area (TPSA) is 76.1 Å². The number of carboxylic acid groups (broad SMARTS) is 1. The van der Waals surface area contributed by atoms with Gasteiger partial charge in [0.1, 0.15) is 18.4 Å². The Morgan fingerprint density at radius 1 is 1.00 bits per heavy atom. The Bertz CT molecular complexity index is 1220. The third kappa shape index (κ3) is 5.77. The minimum Gasteiger partial charge on any atom is -0.488 e. The van der Waals surface area contributed by atoms with Gasteiger partial charge >= 0.3 is 5.97 Å². The monoisotopic (exact) mass is 487 g/mol. The first kappa shape index (κ1) is 25.5. The van der Waals surface area contributed by atoms with Crippen molar-refractivity contribution >= 4 is 11.9 Å². The highest BCUT2D eigenvalue weighted by molar-refractivity contribution is 5.88. The number of hydrogen-bond donors (Lipinski definition) is 1. The molecule has 1 aliphatic rings. The van der Waals surface area contributed by atoms with Gasteiger partial charge in [0.15, 0.2) is 6.10 Å². The van der Waals surface area contributed by atoms with E-state index in [2.05, 4.69) is 0 Å². The Balaban J connectivity index is 1.67. The van der Waals surface area contributed by atoms with Crippen LogP contribution in [0.4, 0.5) is 0 Å². The summed E-state index contributed by atoms with van der Waals surface area (Å²) in [4.78, 5) is 27.7. The molecule has 3 aromatic carbocycles. The van der Waals surface area contributed by atoms with E-state index >= 15 is 0 Å². The van der Waals surface area contributed by atoms with E-state index in [9.17, 15) is 14.7 Å². The largest absolute Gasteiger partial charge is 0.488 e. The predicted octanol–water partition coefficient (Wildman–Crippen LogP) is 5.47. The van der Waals surface area contributed by atoms with Crippen LogP contribution >= 0.6 is 0 Å². The van der Waals surface area contributed by atoms with Crippen LogP contribution in [0.1, 0.15) is 54.7 Å². The maximum atomic E-state index is 13.9. The molecule has 4 rings (SSSR count). The van der Waals surface area contributed by atoms with Crippen LogP contribution in [0.15, 0.2) is 72.8 Å². The zero-order valence-electron chi connectivity index (χ0n) is 21.2. The molecule has 0 aliphatic carbocycles. The summed E-state index contributed by atoms with van der Waals surface area (Å²) < 4.78 is 12.4. The molecule has 0 spiro atoms. The fraction of sp³-hybridized carbons (Fsp3) is 0.333. The zero-order chi connectivity index (χ0) is 25.9. The Morgan fingerprint density at radius 2 is 1.64 bits per heavy atom. The van der Waals surface area contributed by atoms with Gasteiger partial charge in [0.2, 0.25) is 0 Å². The molecule has 36 heavy (non-hydrogen) atoms. The number of rotatable bonds is 7. The fourth-order valence-corrected chi connectivity index (χ4v) is 4.53. The van der Waals surface area contributed by atoms with Crippen molar-refractivity contribution in [1.82, 2.24) is 4.90 Å². The normalized spacial score (nSPS) is 16.2. The second-order valence-corrected chi connectivity index (χ2v) is 10.2. The summed E-state index contributed by atoms with van der Waals surface area (Å²) >= 11 is 0. The van der Waals surface area contributed by atoms with Gasteiger partial charge < -0.3 is 19.5 Å². The summed E-state index contributed by atoms with van der Waals surface area (Å²) in [6.07, 6.45) is -0.743. The molecule has 6 heteroatoms. The van der Waals surface area contributed by atoms with E-state index in [1.54, 1.807) is 0 Å². The van der Waals surface area contributed by atoms with Crippen molar-refractivity contribution in [1.29, 1.82) is 0 Å². The van der Waals surface area contributed by atoms with E-state index in [1.165, 1.54) is 4.90 Å². The Morgan fingerprint density at radius 3 is 2.25 bits per heavy atom. The third-order valence-electron chi connectivity index (χ3n) is 6.26. The molecule has 188 valence electrons. The number of nitrogens with zero attached hydrogens (tertiary/aromatic N) is 1. The van der Waals surface area contributed by atoms with Crippen molar-refractivity contribution in [2.24, 2.45) is 0 Å². The number of carboxylic acids is 1. The van der Waals surface area contributed by atoms with E-state index in [-0.39, 0.29) is 18.9 Å². The zero-order valence-corrected chi connectivity index (χ0v) is 21.2. The highest BCUT2D eigenvalue weighted by Gasteiger charge is 2.40. The molecule has 0 radical (unpaired) electrons. The molecular formula is C30H33NO5. The average Bonchev–Trinajstić information content (AvgIpc) is 2.86. The molecule has 1 N–H and O–H groups in total. The van der Waals surface area contributed by atoms with Crippen molar-refractivity contribution in [3.8, 4) is 5.75 Å². The van der Waals surface area contributed by atoms with Gasteiger partial charge in [0.25, 0.3) is 5.91 Å². The van der Waals surface area contributed by atoms with E-state index < -0.39 is 23.7 Å². The number of amides is 1. The first-order valence-electron chi connectivity index (χ1n) is 12.2. The molecule has 1 heterocycles. The van der Waals surface area contributed by atoms with Crippen LogP contribution in [-0.2, 0) is 33.9 Å². The number of benzene rings is 3. The van der Waals surface area contributed by atoms with Gasteiger partial charge in [-0.2, -0.15) is 0 Å². The lowest BCUT2D eigenvalue weighted by Crippen LogP contribution is -2.51. The highest BCUT2D eigenvalue weighted by atomic mass is 16.5. The number of hydrogen-bond acceptors (Lipinski definition) is 4. The number of ether oxygens (including phenoxy) is 2. The highest BCUT2D eigenvalue weighted by Crippen LogP contribution is 2.36. The van der Waals surface area contributed by atoms with Crippen LogP contribution in [-0.4, -0.2) is 33.5 Å². The first-order chi connectivity index (χ1) is 17.1. The number of aryl methyl sites for hydroxylation is 1. The van der Waals surface area contributed by atoms with Crippen LogP contribution in [0, 0.1) is 6.92 Å². The summed E-state index contributed by atoms with van der Waals surface area (Å²) in [5.74, 6) is -0.714. The molecule has 0 unspecified atom stereocenters. The lowest BCUT2D eigenvalue weighted by atomic mass is 9.90. The molecule has 6 nitrogen and oxygen atoms in total. The Hall–Kier alpha value is -3.64. The molecular weight excluding hydrogens is 454 g/mol. The maximum Gasteiger partial charge on any atom is 0.326 e. The summed E-state index contributed by atoms with van der Waals surface area (Å²) in [5.41, 5.74) is 3.79. The van der Waals surface area contributed by atoms with Gasteiger partial charge in [-0.1, -0.05) is 72.8 Å². The summed E-state index contributed by atoms with van der Waals surface area (Å²) in [6, 6.07) is 22.0. The minimum absolute atomic E-state index is 0.166. The molecule has 0 bridgehead atoms. The molecule has 0 fully saturated rings. The van der Waals surface area contributed by atoms with Crippen LogP contribution in [0.25, 0.3) is 0 Å². The second-order valence-electron chi connectivity index (χ2n) is 10.2. The minimum atomic E-state index is -1.05. The number of carbonyl (C=O) groups is 2. The molecule has 0 saturated carbocycles. The molecule has 2 atom stereocenters. The van der Waals surface area contributed by atoms with Crippen LogP contribution in [0.3, 0.4) is 0 Å². The number of aliphatic carboxylic acids is 1. The lowest BCUT2D eigenvalue weighted by Gasteiger charge is -2.38. The van der Waals surface area contributed by atoms with Gasteiger partial charge in [0, 0.05) is 18.5 Å². The van der Waals surface area contributed by atoms with Crippen LogP contribution < -0.4 is 4.74 Å². The quantitative estimate of drug-likeness (QED) is 0.478. The van der Waals surface area contributed by atoms with E-state index in [4.69, 9.17) is 9.47 Å². The Labute approximate surface area is 212 Å². The number of carbonyl (C=O) groups excluding carboxylic acids is 1. The average molecular weight is 488 g/mol. The maximum absolute atomic E-state index is 13.9. The number of fused-ring (bicyclic) bond motifs is 1. The Kier molecular flexibility index (Phi) is 7.45. The van der Waals surface area contributed by atoms with E-state index in [0.717, 1.165) is 22.3 Å². The summed E-state index contributed by atoms with van der Waals surface area (Å²) in [6.45, 7) is 8.16. The standard InChI is InChI=1S/C30H33NO5/c1-20-15-16-23-18-31(28(32)27(36-30(2,3)4)22-13-9-6-10-14-22)25(29(33)34)17-24(23)26(20)35-19-21-11-7-5-8-12-21/h5-16,25,27H,17-19H2,1-4H3,(H,33,34)/t25-,27+/m1/s1. The summed E-state index contributed by atoms with van der Waals surface area (Å²) in [7, 11) is 0. The van der Waals surface area contributed by atoms with Gasteiger partial charge in [-0.25, -0.2) is 4.79 Å².